The van der Waals surface area contributed by atoms with E-state index in [0.29, 0.717) is 33.7 Å². The lowest BCUT2D eigenvalue weighted by atomic mass is 10.1. The molecule has 8 nitrogen and oxygen atoms in total. The van der Waals surface area contributed by atoms with Crippen LogP contribution in [0.1, 0.15) is 27.7 Å². The maximum atomic E-state index is 12.6. The molecule has 1 aromatic carbocycles. The van der Waals surface area contributed by atoms with Crippen LogP contribution in [0.4, 0.5) is 5.00 Å². The average Bonchev–Trinajstić information content (AvgIpc) is 3.30. The summed E-state index contributed by atoms with van der Waals surface area (Å²) in [6.07, 6.45) is 0.683. The van der Waals surface area contributed by atoms with Crippen LogP contribution in [0.25, 0.3) is 11.4 Å². The van der Waals surface area contributed by atoms with Gasteiger partial charge in [0, 0.05) is 11.9 Å². The fraction of sp³-hybridized carbons (Fsp3) is 0.333. The first-order valence-electron chi connectivity index (χ1n) is 9.57. The zero-order valence-corrected chi connectivity index (χ0v) is 19.6. The van der Waals surface area contributed by atoms with Crippen molar-refractivity contribution in [2.75, 3.05) is 25.3 Å². The van der Waals surface area contributed by atoms with Gasteiger partial charge in [0.2, 0.25) is 5.91 Å². The first-order chi connectivity index (χ1) is 14.9. The molecule has 0 aliphatic rings. The van der Waals surface area contributed by atoms with Gasteiger partial charge in [0.1, 0.15) is 10.8 Å². The van der Waals surface area contributed by atoms with E-state index in [-0.39, 0.29) is 11.7 Å². The SMILES string of the molecule is CCc1c(C)sc(NC(=O)CSc2nnc(-c3ccccc3OC)n2C)c1C(=O)OC. The number of thioether (sulfide) groups is 1. The molecular weight excluding hydrogens is 436 g/mol. The molecule has 164 valence electrons. The first-order valence-corrected chi connectivity index (χ1v) is 11.4. The van der Waals surface area contributed by atoms with Crippen LogP contribution in [0.2, 0.25) is 0 Å². The van der Waals surface area contributed by atoms with Gasteiger partial charge >= 0.3 is 5.97 Å². The van der Waals surface area contributed by atoms with Gasteiger partial charge in [-0.25, -0.2) is 4.79 Å². The van der Waals surface area contributed by atoms with Crippen LogP contribution in [0, 0.1) is 6.92 Å². The number of carbonyl (C=O) groups excluding carboxylic acids is 2. The topological polar surface area (TPSA) is 95.3 Å². The number of aryl methyl sites for hydroxylation is 1. The molecule has 0 bridgehead atoms. The first kappa shape index (κ1) is 22.8. The smallest absolute Gasteiger partial charge is 0.341 e. The Hall–Kier alpha value is -2.85. The van der Waals surface area contributed by atoms with E-state index in [2.05, 4.69) is 15.5 Å². The van der Waals surface area contributed by atoms with E-state index in [4.69, 9.17) is 9.47 Å². The van der Waals surface area contributed by atoms with Crippen molar-refractivity contribution < 1.29 is 19.1 Å². The minimum absolute atomic E-state index is 0.122. The minimum Gasteiger partial charge on any atom is -0.496 e. The van der Waals surface area contributed by atoms with Gasteiger partial charge in [-0.3, -0.25) is 4.79 Å². The second kappa shape index (κ2) is 9.97. The summed E-state index contributed by atoms with van der Waals surface area (Å²) in [5.74, 6) is 0.786. The Morgan fingerprint density at radius 3 is 2.65 bits per heavy atom. The number of amides is 1. The molecule has 0 aliphatic carbocycles. The van der Waals surface area contributed by atoms with Crippen LogP contribution in [0.15, 0.2) is 29.4 Å². The Morgan fingerprint density at radius 1 is 1.23 bits per heavy atom. The lowest BCUT2D eigenvalue weighted by Crippen LogP contribution is -2.16. The third kappa shape index (κ3) is 4.75. The fourth-order valence-electron chi connectivity index (χ4n) is 3.21. The second-order valence-corrected chi connectivity index (χ2v) is 8.76. The van der Waals surface area contributed by atoms with Gasteiger partial charge in [-0.05, 0) is 31.0 Å². The normalized spacial score (nSPS) is 10.7. The highest BCUT2D eigenvalue weighted by Gasteiger charge is 2.23. The van der Waals surface area contributed by atoms with Gasteiger partial charge in [-0.2, -0.15) is 0 Å². The number of anilines is 1. The minimum atomic E-state index is -0.445. The monoisotopic (exact) mass is 460 g/mol. The Morgan fingerprint density at radius 2 is 1.97 bits per heavy atom. The largest absolute Gasteiger partial charge is 0.496 e. The molecule has 0 spiro atoms. The number of ether oxygens (including phenoxy) is 2. The maximum absolute atomic E-state index is 12.6. The summed E-state index contributed by atoms with van der Waals surface area (Å²) < 4.78 is 12.1. The van der Waals surface area contributed by atoms with Crippen molar-refractivity contribution >= 4 is 40.0 Å². The van der Waals surface area contributed by atoms with Crippen molar-refractivity contribution in [1.82, 2.24) is 14.8 Å². The fourth-order valence-corrected chi connectivity index (χ4v) is 5.07. The quantitative estimate of drug-likeness (QED) is 0.402. The van der Waals surface area contributed by atoms with Gasteiger partial charge in [-0.1, -0.05) is 30.8 Å². The number of methoxy groups -OCH3 is 2. The summed E-state index contributed by atoms with van der Waals surface area (Å²) in [6, 6.07) is 7.55. The van der Waals surface area contributed by atoms with Crippen LogP contribution < -0.4 is 10.1 Å². The Balaban J connectivity index is 1.73. The average molecular weight is 461 g/mol. The Labute approximate surface area is 189 Å². The van der Waals surface area contributed by atoms with Crippen LogP contribution >= 0.6 is 23.1 Å². The van der Waals surface area contributed by atoms with Gasteiger partial charge < -0.3 is 19.4 Å². The number of nitrogens with zero attached hydrogens (tertiary/aromatic N) is 3. The lowest BCUT2D eigenvalue weighted by molar-refractivity contribution is -0.113. The molecule has 0 saturated heterocycles. The zero-order valence-electron chi connectivity index (χ0n) is 18.0. The highest BCUT2D eigenvalue weighted by atomic mass is 32.2. The van der Waals surface area contributed by atoms with Crippen LogP contribution in [0.3, 0.4) is 0 Å². The number of hydrogen-bond donors (Lipinski definition) is 1. The highest BCUT2D eigenvalue weighted by Crippen LogP contribution is 2.34. The van der Waals surface area contributed by atoms with Gasteiger partial charge in [0.15, 0.2) is 11.0 Å². The number of thiophene rings is 1. The number of para-hydroxylation sites is 1. The van der Waals surface area contributed by atoms with Crippen molar-refractivity contribution in [3.8, 4) is 17.1 Å². The number of carbonyl (C=O) groups is 2. The van der Waals surface area contributed by atoms with E-state index >= 15 is 0 Å². The highest BCUT2D eigenvalue weighted by molar-refractivity contribution is 7.99. The van der Waals surface area contributed by atoms with Gasteiger partial charge in [-0.15, -0.1) is 21.5 Å². The molecule has 3 aromatic rings. The van der Waals surface area contributed by atoms with Crippen molar-refractivity contribution in [3.63, 3.8) is 0 Å². The number of esters is 1. The van der Waals surface area contributed by atoms with E-state index in [0.717, 1.165) is 16.0 Å². The van der Waals surface area contributed by atoms with Crippen molar-refractivity contribution in [2.45, 2.75) is 25.4 Å². The summed E-state index contributed by atoms with van der Waals surface area (Å²) in [4.78, 5) is 25.8. The molecule has 0 fully saturated rings. The van der Waals surface area contributed by atoms with Crippen molar-refractivity contribution in [3.05, 3.63) is 40.3 Å². The molecule has 0 unspecified atom stereocenters. The Kier molecular flexibility index (Phi) is 7.34. The van der Waals surface area contributed by atoms with Gasteiger partial charge in [0.25, 0.3) is 0 Å². The molecule has 1 N–H and O–H groups in total. The molecular formula is C21H24N4O4S2. The summed E-state index contributed by atoms with van der Waals surface area (Å²) in [6.45, 7) is 3.90. The summed E-state index contributed by atoms with van der Waals surface area (Å²) in [5.41, 5.74) is 2.15. The standard InChI is InChI=1S/C21H24N4O4S2/c1-6-13-12(2)31-19(17(13)20(27)29-5)22-16(26)11-30-21-24-23-18(25(21)3)14-9-7-8-10-15(14)28-4/h7-10H,6,11H2,1-5H3,(H,22,26). The zero-order chi connectivity index (χ0) is 22.5. The van der Waals surface area contributed by atoms with E-state index in [1.807, 2.05) is 49.7 Å². The van der Waals surface area contributed by atoms with Crippen molar-refractivity contribution in [2.24, 2.45) is 7.05 Å². The molecule has 10 heteroatoms. The number of hydrogen-bond acceptors (Lipinski definition) is 8. The Bertz CT molecular complexity index is 1110. The summed E-state index contributed by atoms with van der Waals surface area (Å²) >= 11 is 2.64. The molecule has 0 atom stereocenters. The van der Waals surface area contributed by atoms with E-state index in [9.17, 15) is 9.59 Å². The van der Waals surface area contributed by atoms with Crippen molar-refractivity contribution in [1.29, 1.82) is 0 Å². The number of aromatic nitrogens is 3. The van der Waals surface area contributed by atoms with E-state index < -0.39 is 5.97 Å². The molecule has 0 aliphatic heterocycles. The third-order valence-corrected chi connectivity index (χ3v) is 6.80. The summed E-state index contributed by atoms with van der Waals surface area (Å²) in [7, 11) is 4.78. The predicted octanol–water partition coefficient (Wildman–Crippen LogP) is 3.94. The molecule has 3 rings (SSSR count). The number of rotatable bonds is 8. The van der Waals surface area contributed by atoms with Gasteiger partial charge in [0.05, 0.1) is 31.1 Å². The lowest BCUT2D eigenvalue weighted by Gasteiger charge is -2.08. The summed E-state index contributed by atoms with van der Waals surface area (Å²) in [5, 5.41) is 12.4. The third-order valence-electron chi connectivity index (χ3n) is 4.72. The molecule has 31 heavy (non-hydrogen) atoms. The molecule has 1 amide bonds. The molecule has 2 heterocycles. The van der Waals surface area contributed by atoms with E-state index in [1.54, 1.807) is 7.11 Å². The molecule has 0 saturated carbocycles. The predicted molar refractivity (Wildman–Crippen MR) is 122 cm³/mol. The second-order valence-electron chi connectivity index (χ2n) is 6.59. The number of benzene rings is 1. The van der Waals surface area contributed by atoms with Crippen LogP contribution in [-0.2, 0) is 23.0 Å². The van der Waals surface area contributed by atoms with E-state index in [1.165, 1.54) is 30.2 Å². The van der Waals surface area contributed by atoms with Crippen LogP contribution in [-0.4, -0.2) is 46.6 Å². The molecule has 2 aromatic heterocycles. The maximum Gasteiger partial charge on any atom is 0.341 e. The number of nitrogens with one attached hydrogen (secondary N) is 1. The van der Waals surface area contributed by atoms with Crippen LogP contribution in [0.5, 0.6) is 5.75 Å². The molecule has 0 radical (unpaired) electrons.